The number of halogens is 3. The van der Waals surface area contributed by atoms with Crippen molar-refractivity contribution < 1.29 is 23.0 Å². The molecule has 0 bridgehead atoms. The Kier molecular flexibility index (Phi) is 4.26. The molecule has 0 saturated heterocycles. The highest BCUT2D eigenvalue weighted by molar-refractivity contribution is 14.1. The van der Waals surface area contributed by atoms with Gasteiger partial charge in [0.05, 0.1) is 23.6 Å². The van der Waals surface area contributed by atoms with E-state index in [2.05, 4.69) is 22.6 Å². The number of esters is 1. The highest BCUT2D eigenvalue weighted by atomic mass is 127. The Hall–Kier alpha value is -1.71. The van der Waals surface area contributed by atoms with Crippen LogP contribution in [0.1, 0.15) is 23.3 Å². The van der Waals surface area contributed by atoms with Gasteiger partial charge >= 0.3 is 5.97 Å². The van der Waals surface area contributed by atoms with Gasteiger partial charge in [-0.15, -0.1) is 0 Å². The zero-order chi connectivity index (χ0) is 16.7. The number of carbonyl (C=O) groups is 1. The molecule has 0 aliphatic carbocycles. The average Bonchev–Trinajstić information content (AvgIpc) is 2.54. The highest BCUT2D eigenvalue weighted by Gasteiger charge is 2.29. The number of rotatable bonds is 3. The van der Waals surface area contributed by atoms with Crippen molar-refractivity contribution in [3.63, 3.8) is 0 Å². The van der Waals surface area contributed by atoms with Crippen LogP contribution in [0.3, 0.4) is 0 Å². The second-order valence-corrected chi connectivity index (χ2v) is 5.90. The van der Waals surface area contributed by atoms with E-state index in [1.165, 1.54) is 6.20 Å². The molecular weight excluding hydrogens is 423 g/mol. The first kappa shape index (κ1) is 16.2. The summed E-state index contributed by atoms with van der Waals surface area (Å²) in [7, 11) is 0. The van der Waals surface area contributed by atoms with Gasteiger partial charge in [0.25, 0.3) is 0 Å². The molecule has 1 atom stereocenters. The molecule has 3 rings (SSSR count). The maximum atomic E-state index is 14.0. The van der Waals surface area contributed by atoms with Gasteiger partial charge in [-0.25, -0.2) is 9.18 Å². The number of aromatic nitrogens is 1. The van der Waals surface area contributed by atoms with E-state index in [1.807, 2.05) is 0 Å². The molecule has 1 aliphatic heterocycles. The zero-order valence-electron chi connectivity index (χ0n) is 12.1. The van der Waals surface area contributed by atoms with Gasteiger partial charge in [0.2, 0.25) is 11.2 Å². The summed E-state index contributed by atoms with van der Waals surface area (Å²) < 4.78 is 40.1. The quantitative estimate of drug-likeness (QED) is 0.423. The van der Waals surface area contributed by atoms with Crippen molar-refractivity contribution in [2.75, 3.05) is 17.6 Å². The third kappa shape index (κ3) is 2.48. The fourth-order valence-electron chi connectivity index (χ4n) is 2.58. The molecule has 2 heterocycles. The Morgan fingerprint density at radius 1 is 1.52 bits per heavy atom. The van der Waals surface area contributed by atoms with Crippen molar-refractivity contribution in [2.45, 2.75) is 13.0 Å². The molecule has 0 fully saturated rings. The topological polar surface area (TPSA) is 57.5 Å². The van der Waals surface area contributed by atoms with Gasteiger partial charge in [-0.1, -0.05) is 22.6 Å². The summed E-state index contributed by atoms with van der Waals surface area (Å²) in [5.41, 5.74) is -0.740. The Morgan fingerprint density at radius 3 is 2.91 bits per heavy atom. The van der Waals surface area contributed by atoms with Crippen molar-refractivity contribution in [1.29, 1.82) is 0 Å². The van der Waals surface area contributed by atoms with Crippen molar-refractivity contribution in [2.24, 2.45) is 0 Å². The van der Waals surface area contributed by atoms with E-state index in [9.17, 15) is 18.4 Å². The summed E-state index contributed by atoms with van der Waals surface area (Å²) in [4.78, 5) is 24.5. The highest BCUT2D eigenvalue weighted by Crippen LogP contribution is 2.35. The lowest BCUT2D eigenvalue weighted by Crippen LogP contribution is -2.29. The standard InChI is InChI=1S/C15H12F2INO4/c1-2-22-15(21)9-5-19-7(4-18)6-23-14-11(17)10(16)3-8(12(14)19)13(9)20/h3,5,7H,2,4,6H2,1H3. The molecular formula is C15H12F2INO4. The summed E-state index contributed by atoms with van der Waals surface area (Å²) in [6.07, 6.45) is 1.34. The minimum absolute atomic E-state index is 0.0981. The van der Waals surface area contributed by atoms with Crippen molar-refractivity contribution in [1.82, 2.24) is 4.57 Å². The van der Waals surface area contributed by atoms with Crippen LogP contribution < -0.4 is 10.2 Å². The van der Waals surface area contributed by atoms with Gasteiger partial charge in [0.1, 0.15) is 12.2 Å². The second-order valence-electron chi connectivity index (χ2n) is 5.02. The smallest absolute Gasteiger partial charge is 0.343 e. The van der Waals surface area contributed by atoms with Crippen LogP contribution in [-0.4, -0.2) is 28.2 Å². The fraction of sp³-hybridized carbons (Fsp3) is 0.333. The summed E-state index contributed by atoms with van der Waals surface area (Å²) in [6.45, 7) is 1.85. The molecule has 0 saturated carbocycles. The summed E-state index contributed by atoms with van der Waals surface area (Å²) in [5.74, 6) is -3.41. The van der Waals surface area contributed by atoms with Crippen LogP contribution in [0.25, 0.3) is 10.9 Å². The molecule has 122 valence electrons. The number of nitrogens with zero attached hydrogens (tertiary/aromatic N) is 1. The predicted molar refractivity (Wildman–Crippen MR) is 87.5 cm³/mol. The number of ether oxygens (including phenoxy) is 2. The van der Waals surface area contributed by atoms with E-state index < -0.39 is 23.0 Å². The minimum atomic E-state index is -1.19. The first-order chi connectivity index (χ1) is 11.0. The Morgan fingerprint density at radius 2 is 2.26 bits per heavy atom. The average molecular weight is 435 g/mol. The van der Waals surface area contributed by atoms with E-state index in [1.54, 1.807) is 11.5 Å². The Balaban J connectivity index is 2.41. The lowest BCUT2D eigenvalue weighted by Gasteiger charge is -2.28. The van der Waals surface area contributed by atoms with Crippen LogP contribution in [0, 0.1) is 11.6 Å². The Bertz CT molecular complexity index is 865. The van der Waals surface area contributed by atoms with E-state index >= 15 is 0 Å². The maximum absolute atomic E-state index is 14.0. The van der Waals surface area contributed by atoms with Crippen molar-refractivity contribution >= 4 is 39.5 Å². The normalized spacial score (nSPS) is 16.3. The van der Waals surface area contributed by atoms with Crippen LogP contribution in [0.2, 0.25) is 0 Å². The van der Waals surface area contributed by atoms with E-state index in [-0.39, 0.29) is 41.5 Å². The lowest BCUT2D eigenvalue weighted by molar-refractivity contribution is 0.0523. The second kappa shape index (κ2) is 6.06. The van der Waals surface area contributed by atoms with Gasteiger partial charge < -0.3 is 14.0 Å². The minimum Gasteiger partial charge on any atom is -0.486 e. The number of carbonyl (C=O) groups excluding carboxylic acids is 1. The van der Waals surface area contributed by atoms with Crippen molar-refractivity contribution in [3.05, 3.63) is 39.7 Å². The number of benzene rings is 1. The van der Waals surface area contributed by atoms with Crippen LogP contribution in [0.15, 0.2) is 17.1 Å². The largest absolute Gasteiger partial charge is 0.486 e. The molecule has 1 aromatic heterocycles. The van der Waals surface area contributed by atoms with Gasteiger partial charge in [-0.3, -0.25) is 4.79 Å². The fourth-order valence-corrected chi connectivity index (χ4v) is 3.26. The predicted octanol–water partition coefficient (Wildman–Crippen LogP) is 2.82. The molecule has 0 spiro atoms. The van der Waals surface area contributed by atoms with Gasteiger partial charge in [-0.05, 0) is 13.0 Å². The van der Waals surface area contributed by atoms with E-state index in [4.69, 9.17) is 9.47 Å². The third-order valence-corrected chi connectivity index (χ3v) is 4.67. The zero-order valence-corrected chi connectivity index (χ0v) is 14.2. The molecule has 1 aliphatic rings. The van der Waals surface area contributed by atoms with E-state index in [0.29, 0.717) is 4.43 Å². The number of hydrogen-bond donors (Lipinski definition) is 0. The molecule has 0 N–H and O–H groups in total. The molecule has 5 nitrogen and oxygen atoms in total. The molecule has 8 heteroatoms. The lowest BCUT2D eigenvalue weighted by atomic mass is 10.1. The van der Waals surface area contributed by atoms with Crippen molar-refractivity contribution in [3.8, 4) is 5.75 Å². The maximum Gasteiger partial charge on any atom is 0.343 e. The molecule has 0 radical (unpaired) electrons. The summed E-state index contributed by atoms with van der Waals surface area (Å²) in [5, 5.41) is -0.0981. The van der Waals surface area contributed by atoms with Crippen LogP contribution >= 0.6 is 22.6 Å². The molecule has 2 aromatic rings. The SMILES string of the molecule is CCOC(=O)c1cn2c3c(c(F)c(F)cc3c1=O)OCC2CI. The number of hydrogen-bond acceptors (Lipinski definition) is 4. The molecule has 1 unspecified atom stereocenters. The third-order valence-electron chi connectivity index (χ3n) is 3.65. The number of alkyl halides is 1. The van der Waals surface area contributed by atoms with E-state index in [0.717, 1.165) is 6.07 Å². The molecule has 0 amide bonds. The van der Waals surface area contributed by atoms with Crippen LogP contribution in [-0.2, 0) is 4.74 Å². The van der Waals surface area contributed by atoms with Gasteiger partial charge in [0.15, 0.2) is 11.6 Å². The monoisotopic (exact) mass is 435 g/mol. The van der Waals surface area contributed by atoms with Crippen LogP contribution in [0.4, 0.5) is 8.78 Å². The number of pyridine rings is 1. The Labute approximate surface area is 143 Å². The van der Waals surface area contributed by atoms with Gasteiger partial charge in [-0.2, -0.15) is 4.39 Å². The first-order valence-corrected chi connectivity index (χ1v) is 8.44. The summed E-state index contributed by atoms with van der Waals surface area (Å²) >= 11 is 2.12. The summed E-state index contributed by atoms with van der Waals surface area (Å²) in [6, 6.07) is 0.596. The van der Waals surface area contributed by atoms with Crippen LogP contribution in [0.5, 0.6) is 5.75 Å². The van der Waals surface area contributed by atoms with Gasteiger partial charge in [0, 0.05) is 10.6 Å². The first-order valence-electron chi connectivity index (χ1n) is 6.92. The molecule has 1 aromatic carbocycles. The molecule has 23 heavy (non-hydrogen) atoms.